The Morgan fingerprint density at radius 2 is 1.93 bits per heavy atom. The Balaban J connectivity index is 1.89. The summed E-state index contributed by atoms with van der Waals surface area (Å²) in [5.74, 6) is -0.581. The van der Waals surface area contributed by atoms with Crippen LogP contribution in [0.15, 0.2) is 24.3 Å². The van der Waals surface area contributed by atoms with Crippen molar-refractivity contribution in [3.63, 3.8) is 0 Å². The number of aromatic nitrogens is 1. The van der Waals surface area contributed by atoms with E-state index in [4.69, 9.17) is 0 Å². The Morgan fingerprint density at radius 3 is 2.59 bits per heavy atom. The molecule has 2 aromatic rings. The molecule has 0 spiro atoms. The van der Waals surface area contributed by atoms with E-state index in [1.54, 1.807) is 18.2 Å². The van der Waals surface area contributed by atoms with Crippen LogP contribution in [0.2, 0.25) is 0 Å². The van der Waals surface area contributed by atoms with Crippen LogP contribution in [-0.2, 0) is 13.1 Å². The number of carboxylic acids is 1. The average Bonchev–Trinajstić information content (AvgIpc) is 2.87. The maximum absolute atomic E-state index is 14.1. The quantitative estimate of drug-likeness (QED) is 0.775. The van der Waals surface area contributed by atoms with Crippen molar-refractivity contribution in [1.29, 1.82) is 0 Å². The van der Waals surface area contributed by atoms with Gasteiger partial charge in [-0.1, -0.05) is 38.0 Å². The summed E-state index contributed by atoms with van der Waals surface area (Å²) in [6, 6.07) is 7.08. The molecule has 1 saturated carbocycles. The molecule has 4 nitrogen and oxygen atoms in total. The number of benzene rings is 1. The minimum atomic E-state index is -0.920. The highest BCUT2D eigenvalue weighted by Gasteiger charge is 2.25. The summed E-state index contributed by atoms with van der Waals surface area (Å²) in [5.41, 5.74) is 3.30. The second kappa shape index (κ2) is 8.26. The van der Waals surface area contributed by atoms with Gasteiger partial charge in [0.1, 0.15) is 5.82 Å². The van der Waals surface area contributed by atoms with Gasteiger partial charge in [0.05, 0.1) is 12.1 Å². The molecule has 146 valence electrons. The number of carbonyl (C=O) groups is 1. The molecule has 1 aromatic heterocycles. The number of carboxylic acid groups (broad SMARTS) is 1. The molecule has 0 unspecified atom stereocenters. The lowest BCUT2D eigenvalue weighted by Gasteiger charge is -2.29. The van der Waals surface area contributed by atoms with E-state index >= 15 is 0 Å². The van der Waals surface area contributed by atoms with Crippen LogP contribution < -0.4 is 5.32 Å². The van der Waals surface area contributed by atoms with Crippen LogP contribution >= 0.6 is 0 Å². The van der Waals surface area contributed by atoms with Crippen molar-refractivity contribution >= 4 is 5.97 Å². The van der Waals surface area contributed by atoms with Gasteiger partial charge in [0.25, 0.3) is 0 Å². The highest BCUT2D eigenvalue weighted by molar-refractivity contribution is 5.91. The van der Waals surface area contributed by atoms with E-state index in [1.165, 1.54) is 25.3 Å². The average molecular weight is 372 g/mol. The number of nitrogens with zero attached hydrogens (tertiary/aromatic N) is 1. The first-order valence-electron chi connectivity index (χ1n) is 9.78. The predicted molar refractivity (Wildman–Crippen MR) is 105 cm³/mol. The maximum Gasteiger partial charge on any atom is 0.337 e. The van der Waals surface area contributed by atoms with Gasteiger partial charge in [-0.05, 0) is 38.7 Å². The van der Waals surface area contributed by atoms with Crippen LogP contribution in [0.1, 0.15) is 65.5 Å². The Labute approximate surface area is 160 Å². The monoisotopic (exact) mass is 372 g/mol. The van der Waals surface area contributed by atoms with Crippen LogP contribution in [0.25, 0.3) is 0 Å². The van der Waals surface area contributed by atoms with E-state index in [0.29, 0.717) is 41.9 Å². The van der Waals surface area contributed by atoms with Crippen molar-refractivity contribution in [3.05, 3.63) is 58.2 Å². The molecule has 0 bridgehead atoms. The van der Waals surface area contributed by atoms with E-state index in [9.17, 15) is 14.3 Å². The Kier molecular flexibility index (Phi) is 6.00. The van der Waals surface area contributed by atoms with Gasteiger partial charge in [0, 0.05) is 35.1 Å². The third-order valence-electron chi connectivity index (χ3n) is 6.06. The summed E-state index contributed by atoms with van der Waals surface area (Å²) in [7, 11) is 0. The van der Waals surface area contributed by atoms with Gasteiger partial charge in [0.2, 0.25) is 0 Å². The summed E-state index contributed by atoms with van der Waals surface area (Å²) in [6.07, 6.45) is 4.85. The van der Waals surface area contributed by atoms with E-state index in [0.717, 1.165) is 17.7 Å². The first kappa shape index (κ1) is 19.6. The zero-order valence-corrected chi connectivity index (χ0v) is 16.4. The van der Waals surface area contributed by atoms with Gasteiger partial charge in [-0.15, -0.1) is 0 Å². The molecule has 1 fully saturated rings. The van der Waals surface area contributed by atoms with E-state index in [2.05, 4.69) is 12.2 Å². The summed E-state index contributed by atoms with van der Waals surface area (Å²) in [4.78, 5) is 11.9. The molecular weight excluding hydrogens is 343 g/mol. The first-order chi connectivity index (χ1) is 12.9. The molecule has 3 rings (SSSR count). The van der Waals surface area contributed by atoms with Crippen molar-refractivity contribution in [2.45, 2.75) is 65.6 Å². The van der Waals surface area contributed by atoms with Crippen molar-refractivity contribution in [3.8, 4) is 0 Å². The highest BCUT2D eigenvalue weighted by atomic mass is 19.1. The van der Waals surface area contributed by atoms with Crippen LogP contribution in [0, 0.1) is 25.6 Å². The van der Waals surface area contributed by atoms with Gasteiger partial charge in [-0.3, -0.25) is 0 Å². The number of rotatable bonds is 6. The predicted octanol–water partition coefficient (Wildman–Crippen LogP) is 4.66. The smallest absolute Gasteiger partial charge is 0.337 e. The molecule has 1 aromatic carbocycles. The van der Waals surface area contributed by atoms with Crippen molar-refractivity contribution in [1.82, 2.24) is 9.88 Å². The molecule has 2 N–H and O–H groups in total. The SMILES string of the molecule is Cc1c(CN[C@H]2CCCC[C@H]2C)c(C(=O)O)c(C)n1Cc1ccccc1F. The fourth-order valence-corrected chi connectivity index (χ4v) is 4.34. The second-order valence-electron chi connectivity index (χ2n) is 7.76. The van der Waals surface area contributed by atoms with Gasteiger partial charge < -0.3 is 15.0 Å². The number of halogens is 1. The van der Waals surface area contributed by atoms with E-state index in [1.807, 2.05) is 18.4 Å². The molecule has 1 aliphatic rings. The Bertz CT molecular complexity index is 828. The second-order valence-corrected chi connectivity index (χ2v) is 7.76. The van der Waals surface area contributed by atoms with E-state index in [-0.39, 0.29) is 5.82 Å². The zero-order valence-electron chi connectivity index (χ0n) is 16.4. The highest BCUT2D eigenvalue weighted by Crippen LogP contribution is 2.27. The van der Waals surface area contributed by atoms with Crippen LogP contribution in [0.4, 0.5) is 4.39 Å². The lowest BCUT2D eigenvalue weighted by molar-refractivity contribution is 0.0694. The molecule has 0 amide bonds. The standard InChI is InChI=1S/C22H29FN2O2/c1-14-8-4-7-11-20(14)24-12-18-15(2)25(16(3)21(18)22(26)27)13-17-9-5-6-10-19(17)23/h5-6,9-10,14,20,24H,4,7-8,11-13H2,1-3H3,(H,26,27)/t14-,20+/m1/s1. The largest absolute Gasteiger partial charge is 0.478 e. The summed E-state index contributed by atoms with van der Waals surface area (Å²) < 4.78 is 16.0. The van der Waals surface area contributed by atoms with Crippen LogP contribution in [-0.4, -0.2) is 21.7 Å². The van der Waals surface area contributed by atoms with Gasteiger partial charge >= 0.3 is 5.97 Å². The minimum Gasteiger partial charge on any atom is -0.478 e. The molecule has 0 aliphatic heterocycles. The maximum atomic E-state index is 14.1. The number of nitrogens with one attached hydrogen (secondary N) is 1. The fraction of sp³-hybridized carbons (Fsp3) is 0.500. The zero-order chi connectivity index (χ0) is 19.6. The van der Waals surface area contributed by atoms with Gasteiger partial charge in [-0.2, -0.15) is 0 Å². The number of hydrogen-bond acceptors (Lipinski definition) is 2. The summed E-state index contributed by atoms with van der Waals surface area (Å²) in [6.45, 7) is 6.88. The molecule has 27 heavy (non-hydrogen) atoms. The molecular formula is C22H29FN2O2. The molecule has 1 aliphatic carbocycles. The lowest BCUT2D eigenvalue weighted by atomic mass is 9.86. The van der Waals surface area contributed by atoms with Crippen LogP contribution in [0.3, 0.4) is 0 Å². The summed E-state index contributed by atoms with van der Waals surface area (Å²) in [5, 5.41) is 13.4. The first-order valence-corrected chi connectivity index (χ1v) is 9.78. The van der Waals surface area contributed by atoms with Crippen molar-refractivity contribution < 1.29 is 14.3 Å². The molecule has 5 heteroatoms. The number of aromatic carboxylic acids is 1. The third-order valence-corrected chi connectivity index (χ3v) is 6.06. The van der Waals surface area contributed by atoms with Gasteiger partial charge in [-0.25, -0.2) is 9.18 Å². The van der Waals surface area contributed by atoms with Crippen molar-refractivity contribution in [2.24, 2.45) is 5.92 Å². The Hall–Kier alpha value is -2.14. The van der Waals surface area contributed by atoms with E-state index < -0.39 is 5.97 Å². The number of hydrogen-bond donors (Lipinski definition) is 2. The molecule has 0 saturated heterocycles. The molecule has 2 atom stereocenters. The topological polar surface area (TPSA) is 54.3 Å². The third kappa shape index (κ3) is 4.08. The molecule has 0 radical (unpaired) electrons. The normalized spacial score (nSPS) is 20.0. The van der Waals surface area contributed by atoms with Crippen molar-refractivity contribution in [2.75, 3.05) is 0 Å². The van der Waals surface area contributed by atoms with Crippen LogP contribution in [0.5, 0.6) is 0 Å². The molecule has 1 heterocycles. The fourth-order valence-electron chi connectivity index (χ4n) is 4.34. The summed E-state index contributed by atoms with van der Waals surface area (Å²) >= 11 is 0. The minimum absolute atomic E-state index is 0.266. The Morgan fingerprint density at radius 1 is 1.22 bits per heavy atom. The van der Waals surface area contributed by atoms with Gasteiger partial charge in [0.15, 0.2) is 0 Å². The lowest BCUT2D eigenvalue weighted by Crippen LogP contribution is -2.37.